The molecule has 1 aliphatic rings. The van der Waals surface area contributed by atoms with E-state index in [4.69, 9.17) is 0 Å². The van der Waals surface area contributed by atoms with Crippen LogP contribution in [0, 0.1) is 6.92 Å². The number of carbonyl (C=O) groups is 3. The minimum atomic E-state index is -0.497. The first kappa shape index (κ1) is 21.2. The number of benzene rings is 3. The van der Waals surface area contributed by atoms with E-state index in [2.05, 4.69) is 10.6 Å². The molecule has 5 rings (SSSR count). The number of hydrogen-bond donors (Lipinski definition) is 2. The zero-order valence-corrected chi connectivity index (χ0v) is 18.5. The number of nitrogens with one attached hydrogen (secondary N) is 2. The van der Waals surface area contributed by atoms with Crippen molar-refractivity contribution in [1.29, 1.82) is 0 Å². The van der Waals surface area contributed by atoms with Gasteiger partial charge in [0.25, 0.3) is 5.91 Å². The highest BCUT2D eigenvalue weighted by Gasteiger charge is 2.34. The Balaban J connectivity index is 1.44. The molecule has 34 heavy (non-hydrogen) atoms. The summed E-state index contributed by atoms with van der Waals surface area (Å²) in [5.74, 6) is -0.587. The maximum Gasteiger partial charge on any atom is 0.333 e. The lowest BCUT2D eigenvalue weighted by atomic mass is 10.1. The number of fused-ring (bicyclic) bond motifs is 1. The van der Waals surface area contributed by atoms with E-state index in [0.29, 0.717) is 5.69 Å². The number of anilines is 2. The Hall–Kier alpha value is -4.65. The van der Waals surface area contributed by atoms with Gasteiger partial charge in [0.1, 0.15) is 12.2 Å². The van der Waals surface area contributed by atoms with Crippen molar-refractivity contribution in [3.63, 3.8) is 0 Å². The Morgan fingerprint density at radius 3 is 2.53 bits per heavy atom. The number of hydrogen-bond acceptors (Lipinski definition) is 3. The molecule has 0 aliphatic carbocycles. The van der Waals surface area contributed by atoms with Crippen LogP contribution in [0.1, 0.15) is 11.1 Å². The Labute approximate surface area is 196 Å². The number of imide groups is 1. The predicted octanol–water partition coefficient (Wildman–Crippen LogP) is 4.69. The third-order valence-electron chi connectivity index (χ3n) is 5.63. The van der Waals surface area contributed by atoms with E-state index in [1.807, 2.05) is 72.3 Å². The van der Waals surface area contributed by atoms with Crippen molar-refractivity contribution in [2.24, 2.45) is 0 Å². The maximum absolute atomic E-state index is 13.0. The molecule has 0 saturated carbocycles. The van der Waals surface area contributed by atoms with Crippen LogP contribution >= 0.6 is 0 Å². The summed E-state index contributed by atoms with van der Waals surface area (Å²) in [5.41, 5.74) is 4.07. The molecule has 7 heteroatoms. The average Bonchev–Trinajstić information content (AvgIpc) is 3.30. The molecule has 0 bridgehead atoms. The van der Waals surface area contributed by atoms with E-state index in [0.717, 1.165) is 32.6 Å². The molecule has 1 saturated heterocycles. The molecule has 0 spiro atoms. The number of para-hydroxylation sites is 2. The second-order valence-corrected chi connectivity index (χ2v) is 8.11. The second kappa shape index (κ2) is 8.71. The third kappa shape index (κ3) is 4.06. The van der Waals surface area contributed by atoms with Gasteiger partial charge in [-0.3, -0.25) is 9.59 Å². The Morgan fingerprint density at radius 2 is 1.74 bits per heavy atom. The van der Waals surface area contributed by atoms with Gasteiger partial charge in [-0.05, 0) is 48.9 Å². The number of urea groups is 1. The van der Waals surface area contributed by atoms with Crippen LogP contribution in [0.25, 0.3) is 17.0 Å². The topological polar surface area (TPSA) is 83.4 Å². The van der Waals surface area contributed by atoms with Crippen molar-refractivity contribution in [2.45, 2.75) is 13.5 Å². The summed E-state index contributed by atoms with van der Waals surface area (Å²) in [7, 11) is 0. The number of rotatable bonds is 5. The van der Waals surface area contributed by atoms with Crippen LogP contribution in [-0.4, -0.2) is 22.4 Å². The van der Waals surface area contributed by atoms with Crippen molar-refractivity contribution >= 4 is 46.2 Å². The molecule has 0 radical (unpaired) electrons. The van der Waals surface area contributed by atoms with Crippen LogP contribution in [0.2, 0.25) is 0 Å². The first-order chi connectivity index (χ1) is 16.5. The first-order valence-electron chi connectivity index (χ1n) is 10.9. The molecule has 1 aromatic heterocycles. The van der Waals surface area contributed by atoms with Gasteiger partial charge >= 0.3 is 6.03 Å². The monoisotopic (exact) mass is 450 g/mol. The Bertz CT molecular complexity index is 1450. The number of amides is 4. The van der Waals surface area contributed by atoms with Gasteiger partial charge < -0.3 is 15.2 Å². The zero-order chi connectivity index (χ0) is 23.7. The van der Waals surface area contributed by atoms with Gasteiger partial charge in [0, 0.05) is 28.4 Å². The van der Waals surface area contributed by atoms with Crippen molar-refractivity contribution in [3.05, 3.63) is 102 Å². The average molecular weight is 450 g/mol. The first-order valence-corrected chi connectivity index (χ1v) is 10.9. The SMILES string of the molecule is Cc1cccc(NC(=O)Cn2cc(C=C3NC(=O)N(c4ccccc4)C3=O)c3ccccc32)c1. The van der Waals surface area contributed by atoms with Crippen LogP contribution < -0.4 is 15.5 Å². The quantitative estimate of drug-likeness (QED) is 0.342. The van der Waals surface area contributed by atoms with Crippen LogP contribution in [0.5, 0.6) is 0 Å². The van der Waals surface area contributed by atoms with Crippen LogP contribution in [0.4, 0.5) is 16.2 Å². The molecule has 168 valence electrons. The maximum atomic E-state index is 13.0. The van der Waals surface area contributed by atoms with Gasteiger partial charge in [-0.25, -0.2) is 9.69 Å². The van der Waals surface area contributed by atoms with Crippen molar-refractivity contribution in [3.8, 4) is 0 Å². The molecule has 0 atom stereocenters. The molecular weight excluding hydrogens is 428 g/mol. The minimum Gasteiger partial charge on any atom is -0.337 e. The summed E-state index contributed by atoms with van der Waals surface area (Å²) in [6.07, 6.45) is 3.47. The van der Waals surface area contributed by atoms with Gasteiger partial charge in [-0.1, -0.05) is 48.5 Å². The largest absolute Gasteiger partial charge is 0.337 e. The molecule has 2 heterocycles. The van der Waals surface area contributed by atoms with Crippen LogP contribution in [-0.2, 0) is 16.1 Å². The van der Waals surface area contributed by atoms with E-state index in [9.17, 15) is 14.4 Å². The fourth-order valence-corrected chi connectivity index (χ4v) is 4.10. The fourth-order valence-electron chi connectivity index (χ4n) is 4.10. The number of aryl methyl sites for hydroxylation is 1. The van der Waals surface area contributed by atoms with Crippen LogP contribution in [0.3, 0.4) is 0 Å². The van der Waals surface area contributed by atoms with Gasteiger partial charge in [0.15, 0.2) is 0 Å². The Morgan fingerprint density at radius 1 is 0.971 bits per heavy atom. The highest BCUT2D eigenvalue weighted by atomic mass is 16.2. The van der Waals surface area contributed by atoms with Crippen molar-refractivity contribution in [2.75, 3.05) is 10.2 Å². The second-order valence-electron chi connectivity index (χ2n) is 8.11. The molecule has 2 N–H and O–H groups in total. The van der Waals surface area contributed by atoms with Crippen molar-refractivity contribution < 1.29 is 14.4 Å². The summed E-state index contributed by atoms with van der Waals surface area (Å²) in [4.78, 5) is 39.3. The lowest BCUT2D eigenvalue weighted by Gasteiger charge is -2.10. The highest BCUT2D eigenvalue weighted by molar-refractivity contribution is 6.28. The van der Waals surface area contributed by atoms with Gasteiger partial charge in [0.05, 0.1) is 5.69 Å². The number of nitrogens with zero attached hydrogens (tertiary/aromatic N) is 2. The molecule has 1 aliphatic heterocycles. The van der Waals surface area contributed by atoms with E-state index < -0.39 is 11.9 Å². The lowest BCUT2D eigenvalue weighted by molar-refractivity contribution is -0.116. The zero-order valence-electron chi connectivity index (χ0n) is 18.5. The molecular formula is C27H22N4O3. The van der Waals surface area contributed by atoms with Gasteiger partial charge in [-0.15, -0.1) is 0 Å². The summed E-state index contributed by atoms with van der Waals surface area (Å²) in [5, 5.41) is 6.46. The highest BCUT2D eigenvalue weighted by Crippen LogP contribution is 2.26. The smallest absolute Gasteiger partial charge is 0.333 e. The number of carbonyl (C=O) groups excluding carboxylic acids is 3. The van der Waals surface area contributed by atoms with Crippen molar-refractivity contribution in [1.82, 2.24) is 9.88 Å². The summed E-state index contributed by atoms with van der Waals surface area (Å²) in [6.45, 7) is 2.07. The van der Waals surface area contributed by atoms with E-state index >= 15 is 0 Å². The standard InChI is InChI=1S/C27H22N4O3/c1-18-8-7-9-20(14-18)28-25(32)17-30-16-19(22-12-5-6-13-24(22)30)15-23-26(33)31(27(34)29-23)21-10-3-2-4-11-21/h2-16H,17H2,1H3,(H,28,32)(H,29,34). The molecule has 0 unspecified atom stereocenters. The minimum absolute atomic E-state index is 0.105. The molecule has 1 fully saturated rings. The summed E-state index contributed by atoms with van der Waals surface area (Å²) < 4.78 is 1.84. The molecule has 7 nitrogen and oxygen atoms in total. The van der Waals surface area contributed by atoms with E-state index in [1.165, 1.54) is 0 Å². The normalized spacial score (nSPS) is 14.6. The van der Waals surface area contributed by atoms with Gasteiger partial charge in [-0.2, -0.15) is 0 Å². The Kier molecular flexibility index (Phi) is 5.43. The summed E-state index contributed by atoms with van der Waals surface area (Å²) >= 11 is 0. The molecule has 4 aromatic rings. The predicted molar refractivity (Wildman–Crippen MR) is 132 cm³/mol. The van der Waals surface area contributed by atoms with E-state index in [1.54, 1.807) is 30.3 Å². The van der Waals surface area contributed by atoms with E-state index in [-0.39, 0.29) is 18.1 Å². The molecule has 4 amide bonds. The lowest BCUT2D eigenvalue weighted by Crippen LogP contribution is -2.30. The number of aromatic nitrogens is 1. The third-order valence-corrected chi connectivity index (χ3v) is 5.63. The molecule has 3 aromatic carbocycles. The van der Waals surface area contributed by atoms with Crippen LogP contribution in [0.15, 0.2) is 90.8 Å². The fraction of sp³-hybridized carbons (Fsp3) is 0.0741. The summed E-state index contributed by atoms with van der Waals surface area (Å²) in [6, 6.07) is 23.5. The van der Waals surface area contributed by atoms with Gasteiger partial charge in [0.2, 0.25) is 5.91 Å².